The van der Waals surface area contributed by atoms with E-state index in [1.54, 1.807) is 0 Å². The average molecular weight is 223 g/mol. The lowest BCUT2D eigenvalue weighted by atomic mass is 10.1. The lowest BCUT2D eigenvalue weighted by Gasteiger charge is -2.06. The SMILES string of the molecule is O=C(CC(O)O)NCCCc1ccccc1. The van der Waals surface area contributed by atoms with Crippen LogP contribution in [-0.4, -0.2) is 29.0 Å². The summed E-state index contributed by atoms with van der Waals surface area (Å²) in [7, 11) is 0. The molecule has 4 nitrogen and oxygen atoms in total. The van der Waals surface area contributed by atoms with Gasteiger partial charge in [0.1, 0.15) is 0 Å². The van der Waals surface area contributed by atoms with Gasteiger partial charge >= 0.3 is 0 Å². The molecule has 0 fully saturated rings. The van der Waals surface area contributed by atoms with Crippen LogP contribution in [0, 0.1) is 0 Å². The highest BCUT2D eigenvalue weighted by atomic mass is 16.5. The first kappa shape index (κ1) is 12.7. The van der Waals surface area contributed by atoms with Crippen molar-refractivity contribution in [2.45, 2.75) is 25.6 Å². The van der Waals surface area contributed by atoms with Gasteiger partial charge < -0.3 is 15.5 Å². The largest absolute Gasteiger partial charge is 0.368 e. The maximum Gasteiger partial charge on any atom is 0.225 e. The monoisotopic (exact) mass is 223 g/mol. The van der Waals surface area contributed by atoms with Crippen molar-refractivity contribution in [3.63, 3.8) is 0 Å². The van der Waals surface area contributed by atoms with E-state index in [2.05, 4.69) is 5.32 Å². The highest BCUT2D eigenvalue weighted by Gasteiger charge is 2.05. The Labute approximate surface area is 94.9 Å². The molecule has 88 valence electrons. The summed E-state index contributed by atoms with van der Waals surface area (Å²) in [5, 5.41) is 19.7. The van der Waals surface area contributed by atoms with E-state index in [0.29, 0.717) is 6.54 Å². The maximum absolute atomic E-state index is 11.0. The average Bonchev–Trinajstić information content (AvgIpc) is 2.25. The number of hydrogen-bond donors (Lipinski definition) is 3. The molecule has 0 aliphatic rings. The van der Waals surface area contributed by atoms with Crippen molar-refractivity contribution in [2.75, 3.05) is 6.54 Å². The molecule has 0 aliphatic heterocycles. The zero-order valence-corrected chi connectivity index (χ0v) is 9.10. The molecule has 1 aromatic rings. The highest BCUT2D eigenvalue weighted by Crippen LogP contribution is 2.01. The molecule has 0 aliphatic carbocycles. The number of aryl methyl sites for hydroxylation is 1. The topological polar surface area (TPSA) is 69.6 Å². The van der Waals surface area contributed by atoms with Gasteiger partial charge in [-0.2, -0.15) is 0 Å². The first-order valence-corrected chi connectivity index (χ1v) is 5.35. The lowest BCUT2D eigenvalue weighted by Crippen LogP contribution is -2.28. The molecule has 0 saturated carbocycles. The Morgan fingerprint density at radius 3 is 2.56 bits per heavy atom. The molecule has 0 heterocycles. The summed E-state index contributed by atoms with van der Waals surface area (Å²) in [6.45, 7) is 0.556. The van der Waals surface area contributed by atoms with Crippen molar-refractivity contribution in [2.24, 2.45) is 0 Å². The van der Waals surface area contributed by atoms with Crippen LogP contribution in [0.1, 0.15) is 18.4 Å². The summed E-state index contributed by atoms with van der Waals surface area (Å²) >= 11 is 0. The van der Waals surface area contributed by atoms with Gasteiger partial charge in [-0.1, -0.05) is 30.3 Å². The lowest BCUT2D eigenvalue weighted by molar-refractivity contribution is -0.129. The van der Waals surface area contributed by atoms with Gasteiger partial charge in [0, 0.05) is 6.54 Å². The van der Waals surface area contributed by atoms with Crippen LogP contribution in [0.5, 0.6) is 0 Å². The van der Waals surface area contributed by atoms with Crippen LogP contribution < -0.4 is 5.32 Å². The van der Waals surface area contributed by atoms with Crippen molar-refractivity contribution >= 4 is 5.91 Å². The molecule has 0 atom stereocenters. The van der Waals surface area contributed by atoms with Crippen LogP contribution in [0.4, 0.5) is 0 Å². The molecule has 0 bridgehead atoms. The van der Waals surface area contributed by atoms with E-state index < -0.39 is 6.29 Å². The van der Waals surface area contributed by atoms with Crippen molar-refractivity contribution < 1.29 is 15.0 Å². The molecule has 1 amide bonds. The van der Waals surface area contributed by atoms with Crippen molar-refractivity contribution in [3.05, 3.63) is 35.9 Å². The maximum atomic E-state index is 11.0. The second-order valence-electron chi connectivity index (χ2n) is 3.62. The molecule has 0 aromatic heterocycles. The Bertz CT molecular complexity index is 311. The number of carbonyl (C=O) groups is 1. The molecule has 0 saturated heterocycles. The first-order chi connectivity index (χ1) is 7.68. The number of benzene rings is 1. The third-order valence-electron chi connectivity index (χ3n) is 2.18. The Morgan fingerprint density at radius 2 is 1.94 bits per heavy atom. The van der Waals surface area contributed by atoms with Gasteiger partial charge in [0.05, 0.1) is 6.42 Å². The van der Waals surface area contributed by atoms with Crippen molar-refractivity contribution in [1.29, 1.82) is 0 Å². The summed E-state index contributed by atoms with van der Waals surface area (Å²) < 4.78 is 0. The second kappa shape index (κ2) is 6.98. The smallest absolute Gasteiger partial charge is 0.225 e. The van der Waals surface area contributed by atoms with Gasteiger partial charge in [0.25, 0.3) is 0 Å². The number of rotatable bonds is 6. The molecule has 1 aromatic carbocycles. The number of aliphatic hydroxyl groups excluding tert-OH is 1. The predicted molar refractivity (Wildman–Crippen MR) is 60.6 cm³/mol. The molecule has 0 unspecified atom stereocenters. The standard InChI is InChI=1S/C12H17NO3/c14-11(9-12(15)16)13-8-4-7-10-5-2-1-3-6-10/h1-3,5-6,12,15-16H,4,7-9H2,(H,13,14). The highest BCUT2D eigenvalue weighted by molar-refractivity contribution is 5.76. The minimum absolute atomic E-state index is 0.259. The van der Waals surface area contributed by atoms with E-state index in [-0.39, 0.29) is 12.3 Å². The molecule has 16 heavy (non-hydrogen) atoms. The minimum Gasteiger partial charge on any atom is -0.368 e. The fourth-order valence-electron chi connectivity index (χ4n) is 1.40. The zero-order chi connectivity index (χ0) is 11.8. The van der Waals surface area contributed by atoms with Gasteiger partial charge in [0.2, 0.25) is 5.91 Å². The summed E-state index contributed by atoms with van der Waals surface area (Å²) in [6.07, 6.45) is -0.0695. The minimum atomic E-state index is -1.56. The van der Waals surface area contributed by atoms with Crippen molar-refractivity contribution in [3.8, 4) is 0 Å². The summed E-state index contributed by atoms with van der Waals surface area (Å²) in [6, 6.07) is 10.0. The molecule has 4 heteroatoms. The summed E-state index contributed by atoms with van der Waals surface area (Å²) in [5.41, 5.74) is 1.24. The number of nitrogens with one attached hydrogen (secondary N) is 1. The predicted octanol–water partition coefficient (Wildman–Crippen LogP) is 0.436. The number of carbonyl (C=O) groups excluding carboxylic acids is 1. The fraction of sp³-hybridized carbons (Fsp3) is 0.417. The molecule has 3 N–H and O–H groups in total. The van der Waals surface area contributed by atoms with E-state index >= 15 is 0 Å². The Morgan fingerprint density at radius 1 is 1.25 bits per heavy atom. The van der Waals surface area contributed by atoms with Gasteiger partial charge in [-0.3, -0.25) is 4.79 Å². The normalized spacial score (nSPS) is 10.4. The fourth-order valence-corrected chi connectivity index (χ4v) is 1.40. The molecular formula is C12H17NO3. The molecular weight excluding hydrogens is 206 g/mol. The Hall–Kier alpha value is -1.39. The third-order valence-corrected chi connectivity index (χ3v) is 2.18. The molecule has 0 radical (unpaired) electrons. The van der Waals surface area contributed by atoms with E-state index in [0.717, 1.165) is 12.8 Å². The number of amides is 1. The van der Waals surface area contributed by atoms with Gasteiger partial charge in [-0.05, 0) is 18.4 Å². The van der Waals surface area contributed by atoms with Crippen LogP contribution in [0.3, 0.4) is 0 Å². The van der Waals surface area contributed by atoms with Crippen LogP contribution in [0.2, 0.25) is 0 Å². The second-order valence-corrected chi connectivity index (χ2v) is 3.62. The third kappa shape index (κ3) is 5.48. The van der Waals surface area contributed by atoms with Gasteiger partial charge in [0.15, 0.2) is 6.29 Å². The van der Waals surface area contributed by atoms with E-state index in [1.165, 1.54) is 5.56 Å². The zero-order valence-electron chi connectivity index (χ0n) is 9.10. The number of hydrogen-bond acceptors (Lipinski definition) is 3. The van der Waals surface area contributed by atoms with E-state index in [1.807, 2.05) is 30.3 Å². The molecule has 0 spiro atoms. The van der Waals surface area contributed by atoms with Gasteiger partial charge in [-0.25, -0.2) is 0 Å². The van der Waals surface area contributed by atoms with Crippen LogP contribution in [-0.2, 0) is 11.2 Å². The quantitative estimate of drug-likeness (QED) is 0.484. The van der Waals surface area contributed by atoms with Crippen LogP contribution in [0.25, 0.3) is 0 Å². The van der Waals surface area contributed by atoms with E-state index in [9.17, 15) is 4.79 Å². The number of aliphatic hydroxyl groups is 2. The molecule has 1 rings (SSSR count). The first-order valence-electron chi connectivity index (χ1n) is 5.35. The van der Waals surface area contributed by atoms with Gasteiger partial charge in [-0.15, -0.1) is 0 Å². The summed E-state index contributed by atoms with van der Waals surface area (Å²) in [5.74, 6) is -0.330. The Balaban J connectivity index is 2.10. The van der Waals surface area contributed by atoms with Crippen LogP contribution >= 0.6 is 0 Å². The van der Waals surface area contributed by atoms with Crippen LogP contribution in [0.15, 0.2) is 30.3 Å². The van der Waals surface area contributed by atoms with Crippen molar-refractivity contribution in [1.82, 2.24) is 5.32 Å². The summed E-state index contributed by atoms with van der Waals surface area (Å²) in [4.78, 5) is 11.0. The Kier molecular flexibility index (Phi) is 5.53. The van der Waals surface area contributed by atoms with E-state index in [4.69, 9.17) is 10.2 Å².